The molecule has 98 valence electrons. The van der Waals surface area contributed by atoms with Crippen LogP contribution in [0.1, 0.15) is 0 Å². The van der Waals surface area contributed by atoms with Gasteiger partial charge >= 0.3 is 0 Å². The fourth-order valence-corrected chi connectivity index (χ4v) is 2.56. The molecule has 0 aliphatic carbocycles. The fraction of sp³-hybridized carbons (Fsp3) is 0.0714. The fourth-order valence-electron chi connectivity index (χ4n) is 2.33. The van der Waals surface area contributed by atoms with Crippen LogP contribution in [-0.2, 0) is 7.05 Å². The number of aryl methyl sites for hydroxylation is 1. The van der Waals surface area contributed by atoms with Gasteiger partial charge in [0, 0.05) is 18.0 Å². The lowest BCUT2D eigenvalue weighted by molar-refractivity contribution is 0.787. The van der Waals surface area contributed by atoms with Gasteiger partial charge in [0.15, 0.2) is 5.65 Å². The highest BCUT2D eigenvalue weighted by atomic mass is 35.5. The van der Waals surface area contributed by atoms with E-state index in [9.17, 15) is 0 Å². The molecule has 0 saturated carbocycles. The molecule has 0 fully saturated rings. The van der Waals surface area contributed by atoms with Gasteiger partial charge in [0.2, 0.25) is 0 Å². The first-order chi connectivity index (χ1) is 9.72. The van der Waals surface area contributed by atoms with Crippen LogP contribution in [0.2, 0.25) is 5.02 Å². The van der Waals surface area contributed by atoms with Crippen LogP contribution in [0.4, 0.5) is 0 Å². The van der Waals surface area contributed by atoms with Crippen molar-refractivity contribution >= 4 is 33.5 Å². The first-order valence-corrected chi connectivity index (χ1v) is 6.52. The number of benzene rings is 1. The molecule has 0 amide bonds. The highest BCUT2D eigenvalue weighted by Gasteiger charge is 2.10. The molecule has 0 radical (unpaired) electrons. The van der Waals surface area contributed by atoms with Crippen molar-refractivity contribution in [3.05, 3.63) is 41.7 Å². The highest BCUT2D eigenvalue weighted by molar-refractivity contribution is 6.35. The molecule has 0 unspecified atom stereocenters. The number of aromatic amines is 1. The number of pyridine rings is 1. The van der Waals surface area contributed by atoms with Crippen molar-refractivity contribution in [3.8, 4) is 11.3 Å². The maximum Gasteiger partial charge on any atom is 0.159 e. The SMILES string of the molecule is Cn1ncc2c(Cl)cc(-c3ccc4[nH]ncc4c3)nc21. The quantitative estimate of drug-likeness (QED) is 0.584. The molecule has 1 aromatic carbocycles. The minimum Gasteiger partial charge on any atom is -0.278 e. The Hall–Kier alpha value is -2.40. The van der Waals surface area contributed by atoms with E-state index < -0.39 is 0 Å². The van der Waals surface area contributed by atoms with E-state index in [0.29, 0.717) is 5.02 Å². The van der Waals surface area contributed by atoms with E-state index in [1.165, 1.54) is 0 Å². The number of nitrogens with one attached hydrogen (secondary N) is 1. The van der Waals surface area contributed by atoms with Crippen LogP contribution < -0.4 is 0 Å². The molecule has 4 rings (SSSR count). The molecule has 0 atom stereocenters. The molecular formula is C14H10ClN5. The molecule has 0 saturated heterocycles. The van der Waals surface area contributed by atoms with Crippen molar-refractivity contribution in [2.45, 2.75) is 0 Å². The zero-order valence-electron chi connectivity index (χ0n) is 10.6. The second-order valence-electron chi connectivity index (χ2n) is 4.67. The molecule has 0 bridgehead atoms. The zero-order chi connectivity index (χ0) is 13.7. The molecular weight excluding hydrogens is 274 g/mol. The number of hydrogen-bond donors (Lipinski definition) is 1. The van der Waals surface area contributed by atoms with Gasteiger partial charge in [0.1, 0.15) is 0 Å². The maximum absolute atomic E-state index is 6.31. The third-order valence-corrected chi connectivity index (χ3v) is 3.70. The van der Waals surface area contributed by atoms with E-state index in [2.05, 4.69) is 20.3 Å². The van der Waals surface area contributed by atoms with Gasteiger partial charge in [-0.3, -0.25) is 9.78 Å². The summed E-state index contributed by atoms with van der Waals surface area (Å²) in [7, 11) is 1.86. The average molecular weight is 284 g/mol. The third-order valence-electron chi connectivity index (χ3n) is 3.39. The topological polar surface area (TPSA) is 59.4 Å². The number of fused-ring (bicyclic) bond motifs is 2. The Bertz CT molecular complexity index is 937. The monoisotopic (exact) mass is 283 g/mol. The van der Waals surface area contributed by atoms with Crippen LogP contribution in [0.3, 0.4) is 0 Å². The number of aromatic nitrogens is 5. The lowest BCUT2D eigenvalue weighted by Gasteiger charge is -2.04. The van der Waals surface area contributed by atoms with Crippen LogP contribution in [-0.4, -0.2) is 25.0 Å². The molecule has 0 spiro atoms. The summed E-state index contributed by atoms with van der Waals surface area (Å²) in [5.74, 6) is 0. The third kappa shape index (κ3) is 1.60. The highest BCUT2D eigenvalue weighted by Crippen LogP contribution is 2.29. The molecule has 3 heterocycles. The smallest absolute Gasteiger partial charge is 0.159 e. The molecule has 0 aliphatic rings. The van der Waals surface area contributed by atoms with Crippen LogP contribution in [0.25, 0.3) is 33.2 Å². The van der Waals surface area contributed by atoms with Gasteiger partial charge in [0.25, 0.3) is 0 Å². The van der Waals surface area contributed by atoms with Crippen LogP contribution in [0.15, 0.2) is 36.7 Å². The summed E-state index contributed by atoms with van der Waals surface area (Å²) in [6.45, 7) is 0. The number of hydrogen-bond acceptors (Lipinski definition) is 3. The van der Waals surface area contributed by atoms with Gasteiger partial charge in [-0.25, -0.2) is 4.98 Å². The summed E-state index contributed by atoms with van der Waals surface area (Å²) < 4.78 is 1.72. The minimum absolute atomic E-state index is 0.658. The van der Waals surface area contributed by atoms with Crippen molar-refractivity contribution in [1.29, 1.82) is 0 Å². The average Bonchev–Trinajstić information content (AvgIpc) is 3.05. The van der Waals surface area contributed by atoms with Crippen molar-refractivity contribution < 1.29 is 0 Å². The largest absolute Gasteiger partial charge is 0.278 e. The zero-order valence-corrected chi connectivity index (χ0v) is 11.4. The predicted molar refractivity (Wildman–Crippen MR) is 78.6 cm³/mol. The molecule has 1 N–H and O–H groups in total. The first-order valence-electron chi connectivity index (χ1n) is 6.14. The Kier molecular flexibility index (Phi) is 2.31. The van der Waals surface area contributed by atoms with Gasteiger partial charge in [-0.05, 0) is 18.2 Å². The van der Waals surface area contributed by atoms with Gasteiger partial charge < -0.3 is 0 Å². The standard InChI is InChI=1S/C14H10ClN5/c1-20-14-10(7-17-20)11(15)5-13(18-14)8-2-3-12-9(4-8)6-16-19-12/h2-7H,1H3,(H,16,19). The van der Waals surface area contributed by atoms with Gasteiger partial charge in [0.05, 0.1) is 34.0 Å². The molecule has 3 aromatic heterocycles. The van der Waals surface area contributed by atoms with Crippen molar-refractivity contribution in [1.82, 2.24) is 25.0 Å². The molecule has 6 heteroatoms. The van der Waals surface area contributed by atoms with Crippen LogP contribution in [0.5, 0.6) is 0 Å². The lowest BCUT2D eigenvalue weighted by atomic mass is 10.1. The van der Waals surface area contributed by atoms with Crippen LogP contribution >= 0.6 is 11.6 Å². The van der Waals surface area contributed by atoms with E-state index in [-0.39, 0.29) is 0 Å². The summed E-state index contributed by atoms with van der Waals surface area (Å²) in [6, 6.07) is 7.90. The normalized spacial score (nSPS) is 11.5. The summed E-state index contributed by atoms with van der Waals surface area (Å²) in [5.41, 5.74) is 3.61. The Balaban J connectivity index is 1.98. The maximum atomic E-state index is 6.31. The van der Waals surface area contributed by atoms with Crippen molar-refractivity contribution in [3.63, 3.8) is 0 Å². The molecule has 20 heavy (non-hydrogen) atoms. The molecule has 0 aliphatic heterocycles. The van der Waals surface area contributed by atoms with E-state index in [1.807, 2.05) is 31.3 Å². The van der Waals surface area contributed by atoms with E-state index >= 15 is 0 Å². The number of H-pyrrole nitrogens is 1. The Morgan fingerprint density at radius 2 is 2.10 bits per heavy atom. The Labute approximate surface area is 119 Å². The Morgan fingerprint density at radius 3 is 3.00 bits per heavy atom. The number of halogens is 1. The Morgan fingerprint density at radius 1 is 1.20 bits per heavy atom. The summed E-state index contributed by atoms with van der Waals surface area (Å²) >= 11 is 6.31. The van der Waals surface area contributed by atoms with E-state index in [0.717, 1.165) is 33.2 Å². The molecule has 4 aromatic rings. The van der Waals surface area contributed by atoms with Crippen LogP contribution in [0, 0.1) is 0 Å². The summed E-state index contributed by atoms with van der Waals surface area (Å²) in [4.78, 5) is 4.64. The second kappa shape index (κ2) is 4.05. The van der Waals surface area contributed by atoms with Gasteiger partial charge in [-0.1, -0.05) is 17.7 Å². The van der Waals surface area contributed by atoms with E-state index in [4.69, 9.17) is 11.6 Å². The van der Waals surface area contributed by atoms with Crippen molar-refractivity contribution in [2.24, 2.45) is 7.05 Å². The lowest BCUT2D eigenvalue weighted by Crippen LogP contribution is -1.93. The summed E-state index contributed by atoms with van der Waals surface area (Å²) in [6.07, 6.45) is 3.52. The van der Waals surface area contributed by atoms with Gasteiger partial charge in [-0.2, -0.15) is 10.2 Å². The van der Waals surface area contributed by atoms with Crippen molar-refractivity contribution in [2.75, 3.05) is 0 Å². The van der Waals surface area contributed by atoms with E-state index in [1.54, 1.807) is 17.1 Å². The first kappa shape index (κ1) is 11.4. The minimum atomic E-state index is 0.658. The molecule has 5 nitrogen and oxygen atoms in total. The number of nitrogens with zero attached hydrogens (tertiary/aromatic N) is 4. The number of rotatable bonds is 1. The summed E-state index contributed by atoms with van der Waals surface area (Å²) in [5, 5.41) is 13.7. The van der Waals surface area contributed by atoms with Gasteiger partial charge in [-0.15, -0.1) is 0 Å². The predicted octanol–water partition coefficient (Wildman–Crippen LogP) is 3.17. The second-order valence-corrected chi connectivity index (χ2v) is 5.07.